The van der Waals surface area contributed by atoms with Crippen LogP contribution >= 0.6 is 0 Å². The van der Waals surface area contributed by atoms with Gasteiger partial charge in [0.25, 0.3) is 5.91 Å². The Morgan fingerprint density at radius 3 is 2.03 bits per heavy atom. The van der Waals surface area contributed by atoms with E-state index in [-0.39, 0.29) is 18.5 Å². The number of piperidine rings is 1. The van der Waals surface area contributed by atoms with Crippen molar-refractivity contribution in [2.24, 2.45) is 5.92 Å². The summed E-state index contributed by atoms with van der Waals surface area (Å²) in [5, 5.41) is 11.5. The number of nitrogens with zero attached hydrogens (tertiary/aromatic N) is 2. The zero-order valence-corrected chi connectivity index (χ0v) is 17.4. The summed E-state index contributed by atoms with van der Waals surface area (Å²) < 4.78 is 77.7. The van der Waals surface area contributed by atoms with Crippen LogP contribution in [0, 0.1) is 5.92 Å². The van der Waals surface area contributed by atoms with Crippen molar-refractivity contribution in [3.63, 3.8) is 0 Å². The molecule has 0 unspecified atom stereocenters. The molecule has 0 atom stereocenters. The van der Waals surface area contributed by atoms with Crippen molar-refractivity contribution in [1.29, 1.82) is 0 Å². The lowest BCUT2D eigenvalue weighted by atomic mass is 9.96. The molecule has 1 aromatic carbocycles. The van der Waals surface area contributed by atoms with Gasteiger partial charge in [0.15, 0.2) is 0 Å². The fourth-order valence-corrected chi connectivity index (χ4v) is 3.49. The predicted octanol–water partition coefficient (Wildman–Crippen LogP) is 4.17. The standard InChI is InChI=1S/C20H25F6N3O3/c1-2-29(18(31)32)8-7-28-5-3-13(4-6-28)12-27-17(30)14-9-15(19(21,22)23)11-16(10-14)20(24,25)26/h9-11,13H,2-8,12H2,1H3,(H,27,30)(H,31,32). The molecule has 0 spiro atoms. The summed E-state index contributed by atoms with van der Waals surface area (Å²) in [5.74, 6) is -0.978. The van der Waals surface area contributed by atoms with Crippen LogP contribution in [0.2, 0.25) is 0 Å². The van der Waals surface area contributed by atoms with E-state index in [1.165, 1.54) is 4.90 Å². The van der Waals surface area contributed by atoms with Crippen LogP contribution in [0.25, 0.3) is 0 Å². The maximum Gasteiger partial charge on any atom is 0.416 e. The number of carbonyl (C=O) groups is 2. The number of alkyl halides is 6. The van der Waals surface area contributed by atoms with Gasteiger partial charge in [-0.3, -0.25) is 4.79 Å². The maximum absolute atomic E-state index is 13.0. The molecule has 0 saturated carbocycles. The van der Waals surface area contributed by atoms with Crippen molar-refractivity contribution < 1.29 is 41.0 Å². The van der Waals surface area contributed by atoms with Gasteiger partial charge >= 0.3 is 18.4 Å². The van der Waals surface area contributed by atoms with Gasteiger partial charge in [0.05, 0.1) is 11.1 Å². The van der Waals surface area contributed by atoms with Gasteiger partial charge in [-0.1, -0.05) is 0 Å². The first-order valence-corrected chi connectivity index (χ1v) is 10.1. The molecule has 1 saturated heterocycles. The lowest BCUT2D eigenvalue weighted by Crippen LogP contribution is -2.43. The number of likely N-dealkylation sites (tertiary alicyclic amines) is 1. The van der Waals surface area contributed by atoms with Crippen LogP contribution in [-0.4, -0.2) is 66.2 Å². The van der Waals surface area contributed by atoms with Crippen molar-refractivity contribution in [3.8, 4) is 0 Å². The van der Waals surface area contributed by atoms with E-state index in [0.717, 1.165) is 0 Å². The van der Waals surface area contributed by atoms with E-state index in [1.54, 1.807) is 6.92 Å². The van der Waals surface area contributed by atoms with Crippen LogP contribution in [0.5, 0.6) is 0 Å². The van der Waals surface area contributed by atoms with Gasteiger partial charge < -0.3 is 20.2 Å². The first-order valence-electron chi connectivity index (χ1n) is 10.1. The largest absolute Gasteiger partial charge is 0.465 e. The third-order valence-electron chi connectivity index (χ3n) is 5.45. The molecular formula is C20H25F6N3O3. The van der Waals surface area contributed by atoms with Crippen molar-refractivity contribution in [1.82, 2.24) is 15.1 Å². The van der Waals surface area contributed by atoms with Gasteiger partial charge in [0, 0.05) is 31.7 Å². The Hall–Kier alpha value is -2.50. The highest BCUT2D eigenvalue weighted by Gasteiger charge is 2.37. The SMILES string of the molecule is CCN(CCN1CCC(CNC(=O)c2cc(C(F)(F)F)cc(C(F)(F)F)c2)CC1)C(=O)O. The highest BCUT2D eigenvalue weighted by molar-refractivity contribution is 5.94. The van der Waals surface area contributed by atoms with E-state index in [0.29, 0.717) is 57.7 Å². The second kappa shape index (κ2) is 10.4. The lowest BCUT2D eigenvalue weighted by Gasteiger charge is -2.33. The molecule has 1 fully saturated rings. The van der Waals surface area contributed by atoms with Crippen LogP contribution in [0.1, 0.15) is 41.3 Å². The number of hydrogen-bond donors (Lipinski definition) is 2. The Bertz CT molecular complexity index is 773. The van der Waals surface area contributed by atoms with Crippen LogP contribution < -0.4 is 5.32 Å². The fraction of sp³-hybridized carbons (Fsp3) is 0.600. The zero-order valence-electron chi connectivity index (χ0n) is 17.4. The molecule has 180 valence electrons. The van der Waals surface area contributed by atoms with E-state index < -0.39 is 41.0 Å². The molecule has 1 aromatic rings. The summed E-state index contributed by atoms with van der Waals surface area (Å²) in [5.41, 5.74) is -3.76. The topological polar surface area (TPSA) is 72.9 Å². The normalized spacial score (nSPS) is 16.1. The molecule has 0 aromatic heterocycles. The third kappa shape index (κ3) is 7.28. The summed E-state index contributed by atoms with van der Waals surface area (Å²) >= 11 is 0. The Labute approximate surface area is 181 Å². The molecule has 32 heavy (non-hydrogen) atoms. The van der Waals surface area contributed by atoms with Gasteiger partial charge in [-0.15, -0.1) is 0 Å². The lowest BCUT2D eigenvalue weighted by molar-refractivity contribution is -0.143. The highest BCUT2D eigenvalue weighted by atomic mass is 19.4. The molecule has 0 radical (unpaired) electrons. The van der Waals surface area contributed by atoms with Crippen molar-refractivity contribution in [2.75, 3.05) is 39.3 Å². The second-order valence-corrected chi connectivity index (χ2v) is 7.65. The predicted molar refractivity (Wildman–Crippen MR) is 103 cm³/mol. The number of likely N-dealkylation sites (N-methyl/N-ethyl adjacent to an activating group) is 1. The number of carbonyl (C=O) groups excluding carboxylic acids is 1. The van der Waals surface area contributed by atoms with Gasteiger partial charge in [-0.05, 0) is 57.0 Å². The number of benzene rings is 1. The zero-order chi connectivity index (χ0) is 24.1. The number of nitrogens with one attached hydrogen (secondary N) is 1. The monoisotopic (exact) mass is 469 g/mol. The Morgan fingerprint density at radius 2 is 1.59 bits per heavy atom. The van der Waals surface area contributed by atoms with Crippen LogP contribution in [0.3, 0.4) is 0 Å². The van der Waals surface area contributed by atoms with E-state index in [9.17, 15) is 35.9 Å². The number of rotatable bonds is 7. The van der Waals surface area contributed by atoms with E-state index in [4.69, 9.17) is 5.11 Å². The minimum absolute atomic E-state index is 0.0173. The number of amides is 2. The number of hydrogen-bond acceptors (Lipinski definition) is 3. The fourth-order valence-electron chi connectivity index (χ4n) is 3.49. The molecule has 2 amide bonds. The summed E-state index contributed by atoms with van der Waals surface area (Å²) in [4.78, 5) is 26.6. The molecular weight excluding hydrogens is 444 g/mol. The van der Waals surface area contributed by atoms with Crippen LogP contribution in [0.4, 0.5) is 31.1 Å². The molecule has 0 aliphatic carbocycles. The molecule has 2 N–H and O–H groups in total. The Kier molecular flexibility index (Phi) is 8.38. The minimum Gasteiger partial charge on any atom is -0.465 e. The van der Waals surface area contributed by atoms with Gasteiger partial charge in [0.2, 0.25) is 0 Å². The average molecular weight is 469 g/mol. The average Bonchev–Trinajstić information content (AvgIpc) is 2.71. The Morgan fingerprint density at radius 1 is 1.06 bits per heavy atom. The van der Waals surface area contributed by atoms with Crippen molar-refractivity contribution in [3.05, 3.63) is 34.9 Å². The molecule has 12 heteroatoms. The molecule has 6 nitrogen and oxygen atoms in total. The van der Waals surface area contributed by atoms with Gasteiger partial charge in [0.1, 0.15) is 0 Å². The second-order valence-electron chi connectivity index (χ2n) is 7.65. The smallest absolute Gasteiger partial charge is 0.416 e. The summed E-state index contributed by atoms with van der Waals surface area (Å²) in [6, 6.07) is 0.806. The maximum atomic E-state index is 13.0. The first-order chi connectivity index (χ1) is 14.8. The highest BCUT2D eigenvalue weighted by Crippen LogP contribution is 2.36. The molecule has 1 aliphatic rings. The summed E-state index contributed by atoms with van der Waals surface area (Å²) in [6.45, 7) is 4.47. The van der Waals surface area contributed by atoms with E-state index >= 15 is 0 Å². The molecule has 2 rings (SSSR count). The minimum atomic E-state index is -5.02. The molecule has 1 heterocycles. The van der Waals surface area contributed by atoms with Crippen LogP contribution in [0.15, 0.2) is 18.2 Å². The number of halogens is 6. The van der Waals surface area contributed by atoms with Crippen molar-refractivity contribution >= 4 is 12.0 Å². The third-order valence-corrected chi connectivity index (χ3v) is 5.45. The molecule has 1 aliphatic heterocycles. The Balaban J connectivity index is 1.91. The van der Waals surface area contributed by atoms with E-state index in [1.807, 2.05) is 0 Å². The number of carboxylic acid groups (broad SMARTS) is 1. The summed E-state index contributed by atoms with van der Waals surface area (Å²) in [7, 11) is 0. The van der Waals surface area contributed by atoms with Crippen molar-refractivity contribution in [2.45, 2.75) is 32.1 Å². The van der Waals surface area contributed by atoms with E-state index in [2.05, 4.69) is 10.2 Å². The molecule has 0 bridgehead atoms. The quantitative estimate of drug-likeness (QED) is 0.589. The van der Waals surface area contributed by atoms with Crippen LogP contribution in [-0.2, 0) is 12.4 Å². The summed E-state index contributed by atoms with van der Waals surface area (Å²) in [6.07, 6.45) is -9.70. The first kappa shape index (κ1) is 25.8. The van der Waals surface area contributed by atoms with Gasteiger partial charge in [-0.2, -0.15) is 26.3 Å². The van der Waals surface area contributed by atoms with Gasteiger partial charge in [-0.25, -0.2) is 4.79 Å².